The molecule has 1 aliphatic heterocycles. The summed E-state index contributed by atoms with van der Waals surface area (Å²) >= 11 is 3.94. The van der Waals surface area contributed by atoms with E-state index < -0.39 is 0 Å². The zero-order valence-corrected chi connectivity index (χ0v) is 13.0. The number of thiophene rings is 1. The molecule has 0 fully saturated rings. The van der Waals surface area contributed by atoms with Crippen molar-refractivity contribution in [3.8, 4) is 0 Å². The fourth-order valence-corrected chi connectivity index (χ4v) is 4.85. The molecule has 19 heavy (non-hydrogen) atoms. The van der Waals surface area contributed by atoms with E-state index in [2.05, 4.69) is 38.1 Å². The molecule has 2 aromatic rings. The van der Waals surface area contributed by atoms with Crippen LogP contribution < -0.4 is 5.73 Å². The number of nitrogens with two attached hydrogens (primary N) is 1. The van der Waals surface area contributed by atoms with Crippen molar-refractivity contribution < 1.29 is 0 Å². The van der Waals surface area contributed by atoms with Crippen LogP contribution in [0.2, 0.25) is 0 Å². The van der Waals surface area contributed by atoms with Crippen LogP contribution in [0.25, 0.3) is 0 Å². The lowest BCUT2D eigenvalue weighted by Crippen LogP contribution is -2.10. The Bertz CT molecular complexity index is 577. The molecule has 1 unspecified atom stereocenters. The quantitative estimate of drug-likeness (QED) is 0.896. The van der Waals surface area contributed by atoms with Gasteiger partial charge in [-0.3, -0.25) is 0 Å². The molecule has 0 amide bonds. The monoisotopic (exact) mass is 289 g/mol. The van der Waals surface area contributed by atoms with Crippen LogP contribution in [0.4, 0.5) is 0 Å². The number of aryl methyl sites for hydroxylation is 3. The first-order valence-corrected chi connectivity index (χ1v) is 8.64. The maximum atomic E-state index is 6.45. The van der Waals surface area contributed by atoms with E-state index in [1.54, 1.807) is 4.88 Å². The molecule has 2 N–H and O–H groups in total. The Kier molecular flexibility index (Phi) is 3.70. The van der Waals surface area contributed by atoms with Crippen molar-refractivity contribution >= 4 is 23.1 Å². The van der Waals surface area contributed by atoms with Gasteiger partial charge in [-0.1, -0.05) is 18.2 Å². The van der Waals surface area contributed by atoms with Gasteiger partial charge in [0.2, 0.25) is 0 Å². The largest absolute Gasteiger partial charge is 0.320 e. The maximum Gasteiger partial charge on any atom is 0.0646 e. The van der Waals surface area contributed by atoms with Gasteiger partial charge in [-0.15, -0.1) is 11.3 Å². The van der Waals surface area contributed by atoms with Gasteiger partial charge in [0.25, 0.3) is 0 Å². The second-order valence-electron chi connectivity index (χ2n) is 5.22. The highest BCUT2D eigenvalue weighted by molar-refractivity contribution is 7.98. The fourth-order valence-electron chi connectivity index (χ4n) is 2.45. The molecule has 0 spiro atoms. The van der Waals surface area contributed by atoms with E-state index in [0.29, 0.717) is 0 Å². The summed E-state index contributed by atoms with van der Waals surface area (Å²) in [4.78, 5) is 2.86. The molecule has 1 aliphatic rings. The Balaban J connectivity index is 1.92. The van der Waals surface area contributed by atoms with Gasteiger partial charge >= 0.3 is 0 Å². The first-order valence-electron chi connectivity index (χ1n) is 6.67. The van der Waals surface area contributed by atoms with Crippen molar-refractivity contribution in [2.75, 3.05) is 5.75 Å². The Morgan fingerprint density at radius 1 is 1.16 bits per heavy atom. The van der Waals surface area contributed by atoms with E-state index in [1.165, 1.54) is 39.3 Å². The van der Waals surface area contributed by atoms with Crippen LogP contribution in [0.5, 0.6) is 0 Å². The highest BCUT2D eigenvalue weighted by Crippen LogP contribution is 2.35. The third-order valence-electron chi connectivity index (χ3n) is 3.84. The van der Waals surface area contributed by atoms with Gasteiger partial charge in [-0.2, -0.15) is 11.8 Å². The van der Waals surface area contributed by atoms with Crippen molar-refractivity contribution in [2.24, 2.45) is 5.73 Å². The smallest absolute Gasteiger partial charge is 0.0646 e. The summed E-state index contributed by atoms with van der Waals surface area (Å²) in [6.07, 6.45) is 1.21. The summed E-state index contributed by atoms with van der Waals surface area (Å²) in [6.45, 7) is 4.30. The van der Waals surface area contributed by atoms with E-state index in [9.17, 15) is 0 Å². The first-order chi connectivity index (χ1) is 9.15. The Morgan fingerprint density at radius 2 is 2.00 bits per heavy atom. The lowest BCUT2D eigenvalue weighted by atomic mass is 10.0. The molecule has 2 heterocycles. The van der Waals surface area contributed by atoms with Crippen LogP contribution in [0, 0.1) is 13.8 Å². The molecule has 1 atom stereocenters. The van der Waals surface area contributed by atoms with Crippen LogP contribution >= 0.6 is 23.1 Å². The molecule has 1 aromatic heterocycles. The molecular formula is C16H19NS2. The standard InChI is InChI=1S/C16H19NS2/c1-10-3-4-12(7-11(10)2)16(17)15-8-13-9-18-6-5-14(13)19-15/h3-4,7-8,16H,5-6,9,17H2,1-2H3. The summed E-state index contributed by atoms with van der Waals surface area (Å²) in [5.74, 6) is 2.41. The topological polar surface area (TPSA) is 26.0 Å². The summed E-state index contributed by atoms with van der Waals surface area (Å²) in [5, 5.41) is 0. The minimum atomic E-state index is 0.0277. The second kappa shape index (κ2) is 5.31. The van der Waals surface area contributed by atoms with Gasteiger partial charge in [0.1, 0.15) is 0 Å². The molecule has 1 aromatic carbocycles. The first kappa shape index (κ1) is 13.2. The summed E-state index contributed by atoms with van der Waals surface area (Å²) in [5.41, 5.74) is 11.8. The van der Waals surface area contributed by atoms with Gasteiger partial charge in [-0.25, -0.2) is 0 Å². The molecule has 3 rings (SSSR count). The van der Waals surface area contributed by atoms with E-state index in [4.69, 9.17) is 5.73 Å². The second-order valence-corrected chi connectivity index (χ2v) is 7.49. The average molecular weight is 289 g/mol. The summed E-state index contributed by atoms with van der Waals surface area (Å²) < 4.78 is 0. The van der Waals surface area contributed by atoms with Gasteiger partial charge in [0.05, 0.1) is 6.04 Å². The van der Waals surface area contributed by atoms with Gasteiger partial charge in [-0.05, 0) is 54.3 Å². The minimum absolute atomic E-state index is 0.0277. The van der Waals surface area contributed by atoms with Crippen LogP contribution in [0.1, 0.15) is 38.0 Å². The molecule has 0 bridgehead atoms. The average Bonchev–Trinajstić information content (AvgIpc) is 2.85. The molecule has 0 saturated heterocycles. The van der Waals surface area contributed by atoms with Crippen molar-refractivity contribution in [1.82, 2.24) is 0 Å². The van der Waals surface area contributed by atoms with Crippen molar-refractivity contribution in [3.63, 3.8) is 0 Å². The number of benzene rings is 1. The molecule has 1 nitrogen and oxygen atoms in total. The predicted octanol–water partition coefficient (Wildman–Crippen LogP) is 4.20. The van der Waals surface area contributed by atoms with E-state index in [-0.39, 0.29) is 6.04 Å². The third-order valence-corrected chi connectivity index (χ3v) is 6.17. The minimum Gasteiger partial charge on any atom is -0.320 e. The molecular weight excluding hydrogens is 270 g/mol. The van der Waals surface area contributed by atoms with Crippen LogP contribution in [-0.2, 0) is 12.2 Å². The molecule has 3 heteroatoms. The fraction of sp³-hybridized carbons (Fsp3) is 0.375. The number of thioether (sulfide) groups is 1. The highest BCUT2D eigenvalue weighted by Gasteiger charge is 2.18. The SMILES string of the molecule is Cc1ccc(C(N)c2cc3c(s2)CCSC3)cc1C. The number of hydrogen-bond donors (Lipinski definition) is 1. The maximum absolute atomic E-state index is 6.45. The molecule has 0 aliphatic carbocycles. The van der Waals surface area contributed by atoms with Crippen LogP contribution in [-0.4, -0.2) is 5.75 Å². The summed E-state index contributed by atoms with van der Waals surface area (Å²) in [6, 6.07) is 8.92. The van der Waals surface area contributed by atoms with E-state index >= 15 is 0 Å². The van der Waals surface area contributed by atoms with Crippen LogP contribution in [0.15, 0.2) is 24.3 Å². The predicted molar refractivity (Wildman–Crippen MR) is 86.1 cm³/mol. The zero-order chi connectivity index (χ0) is 13.4. The molecule has 0 saturated carbocycles. The van der Waals surface area contributed by atoms with Crippen molar-refractivity contribution in [3.05, 3.63) is 56.3 Å². The van der Waals surface area contributed by atoms with Crippen molar-refractivity contribution in [2.45, 2.75) is 32.1 Å². The van der Waals surface area contributed by atoms with E-state index in [0.717, 1.165) is 5.75 Å². The summed E-state index contributed by atoms with van der Waals surface area (Å²) in [7, 11) is 0. The lowest BCUT2D eigenvalue weighted by molar-refractivity contribution is 0.889. The Hall–Kier alpha value is -0.770. The highest BCUT2D eigenvalue weighted by atomic mass is 32.2. The molecule has 100 valence electrons. The number of rotatable bonds is 2. The number of fused-ring (bicyclic) bond motifs is 1. The van der Waals surface area contributed by atoms with Crippen LogP contribution in [0.3, 0.4) is 0 Å². The third kappa shape index (κ3) is 2.60. The molecule has 0 radical (unpaired) electrons. The van der Waals surface area contributed by atoms with E-state index in [1.807, 2.05) is 23.1 Å². The van der Waals surface area contributed by atoms with Gasteiger partial charge < -0.3 is 5.73 Å². The van der Waals surface area contributed by atoms with Gasteiger partial charge in [0.15, 0.2) is 0 Å². The van der Waals surface area contributed by atoms with Crippen molar-refractivity contribution in [1.29, 1.82) is 0 Å². The lowest BCUT2D eigenvalue weighted by Gasteiger charge is -2.12. The normalized spacial score (nSPS) is 16.2. The van der Waals surface area contributed by atoms with Gasteiger partial charge in [0, 0.05) is 15.5 Å². The Labute approximate surface area is 123 Å². The number of hydrogen-bond acceptors (Lipinski definition) is 3. The Morgan fingerprint density at radius 3 is 2.74 bits per heavy atom. The zero-order valence-electron chi connectivity index (χ0n) is 11.4.